The van der Waals surface area contributed by atoms with Crippen molar-refractivity contribution in [1.82, 2.24) is 0 Å². The first-order valence-electron chi connectivity index (χ1n) is 8.49. The van der Waals surface area contributed by atoms with E-state index >= 15 is 0 Å². The third kappa shape index (κ3) is 2.35. The molecule has 4 rings (SSSR count). The van der Waals surface area contributed by atoms with E-state index in [0.29, 0.717) is 6.04 Å². The summed E-state index contributed by atoms with van der Waals surface area (Å²) in [4.78, 5) is 2.46. The molecule has 1 aliphatic carbocycles. The van der Waals surface area contributed by atoms with Gasteiger partial charge in [0.15, 0.2) is 0 Å². The number of nitrogen functional groups attached to an aromatic ring is 1. The summed E-state index contributed by atoms with van der Waals surface area (Å²) in [6, 6.07) is 21.9. The van der Waals surface area contributed by atoms with Gasteiger partial charge >= 0.3 is 0 Å². The van der Waals surface area contributed by atoms with Crippen LogP contribution in [0.15, 0.2) is 66.7 Å². The highest BCUT2D eigenvalue weighted by atomic mass is 15.2. The topological polar surface area (TPSA) is 29.3 Å². The van der Waals surface area contributed by atoms with Gasteiger partial charge in [-0.25, -0.2) is 0 Å². The largest absolute Gasteiger partial charge is 0.399 e. The number of nitrogens with two attached hydrogens (primary N) is 1. The second-order valence-electron chi connectivity index (χ2n) is 6.69. The third-order valence-corrected chi connectivity index (χ3v) is 4.79. The lowest BCUT2D eigenvalue weighted by Crippen LogP contribution is -2.34. The first kappa shape index (κ1) is 14.8. The standard InChI is InChI=1S/C22H22N2/c1-15(2)24(19-12-10-18(23)11-13-19)21-14-9-17-6-3-5-16-7-4-8-20(21)22(16)17/h3-15,21H,23H2,1-2H3. The van der Waals surface area contributed by atoms with Crippen LogP contribution in [0.5, 0.6) is 0 Å². The van der Waals surface area contributed by atoms with Crippen LogP contribution >= 0.6 is 0 Å². The van der Waals surface area contributed by atoms with Crippen molar-refractivity contribution >= 4 is 28.2 Å². The van der Waals surface area contributed by atoms with Gasteiger partial charge in [0.1, 0.15) is 0 Å². The van der Waals surface area contributed by atoms with Gasteiger partial charge in [-0.1, -0.05) is 48.6 Å². The molecule has 0 heterocycles. The summed E-state index contributed by atoms with van der Waals surface area (Å²) in [5, 5.41) is 2.67. The van der Waals surface area contributed by atoms with Crippen molar-refractivity contribution in [3.8, 4) is 0 Å². The fourth-order valence-electron chi connectivity index (χ4n) is 3.75. The molecule has 1 unspecified atom stereocenters. The predicted molar refractivity (Wildman–Crippen MR) is 104 cm³/mol. The Balaban J connectivity index is 1.88. The van der Waals surface area contributed by atoms with E-state index in [1.54, 1.807) is 0 Å². The summed E-state index contributed by atoms with van der Waals surface area (Å²) in [6.07, 6.45) is 4.57. The summed E-state index contributed by atoms with van der Waals surface area (Å²) in [5.41, 5.74) is 10.6. The van der Waals surface area contributed by atoms with E-state index in [9.17, 15) is 0 Å². The molecule has 1 atom stereocenters. The van der Waals surface area contributed by atoms with Crippen LogP contribution in [0.2, 0.25) is 0 Å². The zero-order valence-corrected chi connectivity index (χ0v) is 14.1. The maximum atomic E-state index is 5.87. The van der Waals surface area contributed by atoms with Gasteiger partial charge in [0.2, 0.25) is 0 Å². The van der Waals surface area contributed by atoms with E-state index in [1.807, 2.05) is 12.1 Å². The Bertz CT molecular complexity index is 902. The van der Waals surface area contributed by atoms with E-state index in [4.69, 9.17) is 5.73 Å². The second kappa shape index (κ2) is 5.72. The van der Waals surface area contributed by atoms with Crippen molar-refractivity contribution in [3.63, 3.8) is 0 Å². The van der Waals surface area contributed by atoms with Crippen LogP contribution in [-0.4, -0.2) is 6.04 Å². The minimum Gasteiger partial charge on any atom is -0.399 e. The van der Waals surface area contributed by atoms with Gasteiger partial charge in [-0.05, 0) is 60.0 Å². The van der Waals surface area contributed by atoms with Gasteiger partial charge < -0.3 is 10.6 Å². The molecule has 3 aromatic carbocycles. The van der Waals surface area contributed by atoms with Crippen molar-refractivity contribution < 1.29 is 0 Å². The normalized spacial score (nSPS) is 15.9. The van der Waals surface area contributed by atoms with Gasteiger partial charge in [-0.3, -0.25) is 0 Å². The molecule has 120 valence electrons. The molecule has 0 radical (unpaired) electrons. The zero-order valence-electron chi connectivity index (χ0n) is 14.1. The lowest BCUT2D eigenvalue weighted by Gasteiger charge is -2.38. The molecule has 0 aromatic heterocycles. The number of benzene rings is 3. The molecule has 3 aromatic rings. The number of rotatable bonds is 3. The third-order valence-electron chi connectivity index (χ3n) is 4.79. The Hall–Kier alpha value is -2.74. The highest BCUT2D eigenvalue weighted by Gasteiger charge is 2.25. The number of anilines is 2. The lowest BCUT2D eigenvalue weighted by molar-refractivity contribution is 0.635. The molecule has 0 amide bonds. The van der Waals surface area contributed by atoms with Crippen LogP contribution in [-0.2, 0) is 0 Å². The predicted octanol–water partition coefficient (Wildman–Crippen LogP) is 5.40. The Morgan fingerprint density at radius 1 is 0.917 bits per heavy atom. The molecule has 0 spiro atoms. The maximum absolute atomic E-state index is 5.87. The fraction of sp³-hybridized carbons (Fsp3) is 0.182. The molecular formula is C22H22N2. The van der Waals surface area contributed by atoms with Crippen LogP contribution in [0, 0.1) is 0 Å². The Morgan fingerprint density at radius 3 is 2.33 bits per heavy atom. The average Bonchev–Trinajstić information content (AvgIpc) is 2.59. The maximum Gasteiger partial charge on any atom is 0.0738 e. The Labute approximate surface area is 143 Å². The quantitative estimate of drug-likeness (QED) is 0.655. The molecule has 2 N–H and O–H groups in total. The van der Waals surface area contributed by atoms with Crippen molar-refractivity contribution in [1.29, 1.82) is 0 Å². The van der Waals surface area contributed by atoms with Gasteiger partial charge in [-0.15, -0.1) is 0 Å². The number of hydrogen-bond donors (Lipinski definition) is 1. The van der Waals surface area contributed by atoms with Gasteiger partial charge in [0, 0.05) is 17.4 Å². The smallest absolute Gasteiger partial charge is 0.0738 e. The van der Waals surface area contributed by atoms with E-state index in [0.717, 1.165) is 5.69 Å². The molecule has 0 fully saturated rings. The van der Waals surface area contributed by atoms with Crippen molar-refractivity contribution in [2.75, 3.05) is 10.6 Å². The molecular weight excluding hydrogens is 292 g/mol. The molecule has 2 heteroatoms. The second-order valence-corrected chi connectivity index (χ2v) is 6.69. The summed E-state index contributed by atoms with van der Waals surface area (Å²) in [6.45, 7) is 4.48. The summed E-state index contributed by atoms with van der Waals surface area (Å²) < 4.78 is 0. The number of hydrogen-bond acceptors (Lipinski definition) is 2. The van der Waals surface area contributed by atoms with Crippen LogP contribution in [0.4, 0.5) is 11.4 Å². The Kier molecular flexibility index (Phi) is 3.53. The van der Waals surface area contributed by atoms with Crippen LogP contribution in [0.1, 0.15) is 31.0 Å². The van der Waals surface area contributed by atoms with E-state index in [-0.39, 0.29) is 6.04 Å². The van der Waals surface area contributed by atoms with Gasteiger partial charge in [-0.2, -0.15) is 0 Å². The zero-order chi connectivity index (χ0) is 16.7. The average molecular weight is 314 g/mol. The molecule has 0 aliphatic heterocycles. The van der Waals surface area contributed by atoms with Gasteiger partial charge in [0.25, 0.3) is 0 Å². The minimum absolute atomic E-state index is 0.229. The molecule has 2 nitrogen and oxygen atoms in total. The van der Waals surface area contributed by atoms with E-state index < -0.39 is 0 Å². The highest BCUT2D eigenvalue weighted by Crippen LogP contribution is 2.39. The molecule has 0 bridgehead atoms. The first-order valence-corrected chi connectivity index (χ1v) is 8.49. The summed E-state index contributed by atoms with van der Waals surface area (Å²) >= 11 is 0. The van der Waals surface area contributed by atoms with Crippen molar-refractivity contribution in [2.24, 2.45) is 0 Å². The monoisotopic (exact) mass is 314 g/mol. The lowest BCUT2D eigenvalue weighted by atomic mass is 9.88. The molecule has 0 saturated heterocycles. The molecule has 1 aliphatic rings. The van der Waals surface area contributed by atoms with Crippen LogP contribution in [0.3, 0.4) is 0 Å². The highest BCUT2D eigenvalue weighted by molar-refractivity contribution is 5.96. The van der Waals surface area contributed by atoms with Gasteiger partial charge in [0.05, 0.1) is 6.04 Å². The fourth-order valence-corrected chi connectivity index (χ4v) is 3.75. The van der Waals surface area contributed by atoms with E-state index in [1.165, 1.54) is 27.6 Å². The Morgan fingerprint density at radius 2 is 1.62 bits per heavy atom. The van der Waals surface area contributed by atoms with Crippen molar-refractivity contribution in [2.45, 2.75) is 25.9 Å². The van der Waals surface area contributed by atoms with Crippen molar-refractivity contribution in [3.05, 3.63) is 77.9 Å². The SMILES string of the molecule is CC(C)N(c1ccc(N)cc1)C1C=Cc2cccc3cccc1c23. The minimum atomic E-state index is 0.229. The van der Waals surface area contributed by atoms with Crippen LogP contribution < -0.4 is 10.6 Å². The first-order chi connectivity index (χ1) is 11.6. The molecule has 0 saturated carbocycles. The molecule has 24 heavy (non-hydrogen) atoms. The van der Waals surface area contributed by atoms with E-state index in [2.05, 4.69) is 79.4 Å². The van der Waals surface area contributed by atoms with Crippen LogP contribution in [0.25, 0.3) is 16.8 Å². The number of nitrogens with zero attached hydrogens (tertiary/aromatic N) is 1. The summed E-state index contributed by atoms with van der Waals surface area (Å²) in [5.74, 6) is 0. The summed E-state index contributed by atoms with van der Waals surface area (Å²) in [7, 11) is 0.